The molecule has 0 aromatic carbocycles. The van der Waals surface area contributed by atoms with Gasteiger partial charge in [-0.2, -0.15) is 0 Å². The third-order valence-corrected chi connectivity index (χ3v) is 3.20. The molecule has 0 aliphatic rings. The third kappa shape index (κ3) is 3.96. The summed E-state index contributed by atoms with van der Waals surface area (Å²) in [6, 6.07) is 3.79. The van der Waals surface area contributed by atoms with Crippen molar-refractivity contribution < 1.29 is 9.15 Å². The van der Waals surface area contributed by atoms with Crippen molar-refractivity contribution in [1.29, 1.82) is 0 Å². The van der Waals surface area contributed by atoms with E-state index in [4.69, 9.17) is 9.15 Å². The summed E-state index contributed by atoms with van der Waals surface area (Å²) >= 11 is 3.45. The summed E-state index contributed by atoms with van der Waals surface area (Å²) in [5.41, 5.74) is 0.187. The van der Waals surface area contributed by atoms with Gasteiger partial charge in [0.2, 0.25) is 0 Å². The number of halogens is 1. The second-order valence-corrected chi connectivity index (χ2v) is 4.43. The highest BCUT2D eigenvalue weighted by atomic mass is 79.9. The lowest BCUT2D eigenvalue weighted by molar-refractivity contribution is 0.0527. The Morgan fingerprint density at radius 1 is 1.54 bits per heavy atom. The minimum atomic E-state index is 0.187. The largest absolute Gasteiger partial charge is 0.467 e. The Hall–Kier alpha value is -0.280. The summed E-state index contributed by atoms with van der Waals surface area (Å²) in [4.78, 5) is 0. The van der Waals surface area contributed by atoms with Gasteiger partial charge in [0.05, 0.1) is 12.9 Å². The second kappa shape index (κ2) is 4.82. The normalized spacial score (nSPS) is 11.9. The zero-order chi connectivity index (χ0) is 9.73. The first-order chi connectivity index (χ1) is 6.14. The molecule has 0 bridgehead atoms. The van der Waals surface area contributed by atoms with Crippen LogP contribution in [0.1, 0.15) is 19.6 Å². The van der Waals surface area contributed by atoms with Gasteiger partial charge in [-0.25, -0.2) is 0 Å². The Balaban J connectivity index is 2.21. The van der Waals surface area contributed by atoms with Crippen molar-refractivity contribution >= 4 is 15.9 Å². The van der Waals surface area contributed by atoms with E-state index < -0.39 is 0 Å². The molecule has 1 heterocycles. The van der Waals surface area contributed by atoms with Gasteiger partial charge in [0.1, 0.15) is 12.4 Å². The van der Waals surface area contributed by atoms with Crippen molar-refractivity contribution in [2.75, 3.05) is 11.9 Å². The average Bonchev–Trinajstić information content (AvgIpc) is 2.57. The lowest BCUT2D eigenvalue weighted by Crippen LogP contribution is -2.20. The van der Waals surface area contributed by atoms with Crippen LogP contribution in [-0.2, 0) is 11.3 Å². The third-order valence-electron chi connectivity index (χ3n) is 1.68. The fourth-order valence-electron chi connectivity index (χ4n) is 0.861. The van der Waals surface area contributed by atoms with Crippen LogP contribution in [0.25, 0.3) is 0 Å². The molecular formula is C10H15BrO2. The minimum absolute atomic E-state index is 0.187. The predicted molar refractivity (Wildman–Crippen MR) is 55.9 cm³/mol. The van der Waals surface area contributed by atoms with Crippen molar-refractivity contribution in [3.63, 3.8) is 0 Å². The van der Waals surface area contributed by atoms with Gasteiger partial charge >= 0.3 is 0 Å². The topological polar surface area (TPSA) is 22.4 Å². The number of alkyl halides is 1. The highest BCUT2D eigenvalue weighted by Gasteiger charge is 2.16. The van der Waals surface area contributed by atoms with E-state index >= 15 is 0 Å². The molecular weight excluding hydrogens is 232 g/mol. The molecule has 0 amide bonds. The lowest BCUT2D eigenvalue weighted by atomic mass is 9.99. The molecule has 74 valence electrons. The SMILES string of the molecule is CC(C)(CBr)COCc1ccco1. The van der Waals surface area contributed by atoms with Crippen LogP contribution in [-0.4, -0.2) is 11.9 Å². The second-order valence-electron chi connectivity index (χ2n) is 3.87. The van der Waals surface area contributed by atoms with Gasteiger partial charge in [-0.15, -0.1) is 0 Å². The van der Waals surface area contributed by atoms with Crippen molar-refractivity contribution in [2.24, 2.45) is 5.41 Å². The quantitative estimate of drug-likeness (QED) is 0.745. The van der Waals surface area contributed by atoms with Gasteiger partial charge < -0.3 is 9.15 Å². The molecule has 13 heavy (non-hydrogen) atoms. The summed E-state index contributed by atoms with van der Waals surface area (Å²) < 4.78 is 10.7. The molecule has 2 nitrogen and oxygen atoms in total. The molecule has 1 aromatic rings. The van der Waals surface area contributed by atoms with Gasteiger partial charge in [0.15, 0.2) is 0 Å². The first-order valence-corrected chi connectivity index (χ1v) is 5.42. The molecule has 3 heteroatoms. The van der Waals surface area contributed by atoms with E-state index in [0.717, 1.165) is 17.7 Å². The Morgan fingerprint density at radius 2 is 2.31 bits per heavy atom. The Morgan fingerprint density at radius 3 is 2.85 bits per heavy atom. The molecule has 0 fully saturated rings. The molecule has 1 rings (SSSR count). The average molecular weight is 247 g/mol. The summed E-state index contributed by atoms with van der Waals surface area (Å²) in [6.45, 7) is 5.61. The smallest absolute Gasteiger partial charge is 0.129 e. The van der Waals surface area contributed by atoms with Gasteiger partial charge in [0, 0.05) is 5.33 Å². The van der Waals surface area contributed by atoms with E-state index in [9.17, 15) is 0 Å². The monoisotopic (exact) mass is 246 g/mol. The van der Waals surface area contributed by atoms with Crippen LogP contribution < -0.4 is 0 Å². The number of rotatable bonds is 5. The summed E-state index contributed by atoms with van der Waals surface area (Å²) in [7, 11) is 0. The minimum Gasteiger partial charge on any atom is -0.467 e. The van der Waals surface area contributed by atoms with Gasteiger partial charge in [-0.1, -0.05) is 29.8 Å². The van der Waals surface area contributed by atoms with Gasteiger partial charge in [-0.05, 0) is 17.5 Å². The number of furan rings is 1. The van der Waals surface area contributed by atoms with Crippen molar-refractivity contribution in [3.8, 4) is 0 Å². The van der Waals surface area contributed by atoms with Gasteiger partial charge in [0.25, 0.3) is 0 Å². The van der Waals surface area contributed by atoms with E-state index in [1.54, 1.807) is 6.26 Å². The molecule has 0 radical (unpaired) electrons. The highest BCUT2D eigenvalue weighted by molar-refractivity contribution is 9.09. The first-order valence-electron chi connectivity index (χ1n) is 4.30. The summed E-state index contributed by atoms with van der Waals surface area (Å²) in [5, 5.41) is 0.943. The number of ether oxygens (including phenoxy) is 1. The Kier molecular flexibility index (Phi) is 4.00. The number of hydrogen-bond acceptors (Lipinski definition) is 2. The Labute approximate surface area is 87.4 Å². The maximum Gasteiger partial charge on any atom is 0.129 e. The highest BCUT2D eigenvalue weighted by Crippen LogP contribution is 2.18. The van der Waals surface area contributed by atoms with Crippen LogP contribution in [0.2, 0.25) is 0 Å². The van der Waals surface area contributed by atoms with Crippen LogP contribution in [0, 0.1) is 5.41 Å². The summed E-state index contributed by atoms with van der Waals surface area (Å²) in [5.74, 6) is 0.880. The Bertz CT molecular complexity index is 229. The van der Waals surface area contributed by atoms with Crippen LogP contribution in [0.4, 0.5) is 0 Å². The van der Waals surface area contributed by atoms with E-state index in [1.807, 2.05) is 12.1 Å². The van der Waals surface area contributed by atoms with Crippen LogP contribution in [0.5, 0.6) is 0 Å². The molecule has 0 atom stereocenters. The fraction of sp³-hybridized carbons (Fsp3) is 0.600. The molecule has 0 saturated heterocycles. The molecule has 0 unspecified atom stereocenters. The molecule has 0 spiro atoms. The number of hydrogen-bond donors (Lipinski definition) is 0. The lowest BCUT2D eigenvalue weighted by Gasteiger charge is -2.20. The van der Waals surface area contributed by atoms with Gasteiger partial charge in [-0.3, -0.25) is 0 Å². The molecule has 1 aromatic heterocycles. The molecule has 0 aliphatic carbocycles. The first kappa shape index (κ1) is 10.8. The van der Waals surface area contributed by atoms with Crippen LogP contribution in [0.3, 0.4) is 0 Å². The fourth-order valence-corrected chi connectivity index (χ4v) is 1.02. The van der Waals surface area contributed by atoms with E-state index in [2.05, 4.69) is 29.8 Å². The van der Waals surface area contributed by atoms with Crippen molar-refractivity contribution in [1.82, 2.24) is 0 Å². The van der Waals surface area contributed by atoms with E-state index in [-0.39, 0.29) is 5.41 Å². The maximum atomic E-state index is 5.51. The van der Waals surface area contributed by atoms with Crippen LogP contribution >= 0.6 is 15.9 Å². The molecule has 0 N–H and O–H groups in total. The van der Waals surface area contributed by atoms with E-state index in [1.165, 1.54) is 0 Å². The van der Waals surface area contributed by atoms with Crippen molar-refractivity contribution in [3.05, 3.63) is 24.2 Å². The molecule has 0 aliphatic heterocycles. The molecule has 0 saturated carbocycles. The van der Waals surface area contributed by atoms with E-state index in [0.29, 0.717) is 6.61 Å². The zero-order valence-electron chi connectivity index (χ0n) is 8.05. The van der Waals surface area contributed by atoms with Crippen LogP contribution in [0.15, 0.2) is 22.8 Å². The standard InChI is InChI=1S/C10H15BrO2/c1-10(2,7-11)8-12-6-9-4-3-5-13-9/h3-5H,6-8H2,1-2H3. The summed E-state index contributed by atoms with van der Waals surface area (Å²) in [6.07, 6.45) is 1.66. The maximum absolute atomic E-state index is 5.51. The predicted octanol–water partition coefficient (Wildman–Crippen LogP) is 3.22. The van der Waals surface area contributed by atoms with Crippen molar-refractivity contribution in [2.45, 2.75) is 20.5 Å². The zero-order valence-corrected chi connectivity index (χ0v) is 9.63.